The second-order valence-electron chi connectivity index (χ2n) is 5.57. The van der Waals surface area contributed by atoms with Gasteiger partial charge in [-0.2, -0.15) is 0 Å². The molecule has 0 unspecified atom stereocenters. The van der Waals surface area contributed by atoms with Gasteiger partial charge in [0.25, 0.3) is 12.9 Å². The first-order valence-corrected chi connectivity index (χ1v) is 9.16. The molecular weight excluding hydrogens is 492 g/mol. The van der Waals surface area contributed by atoms with Crippen molar-refractivity contribution >= 4 is 21.9 Å². The summed E-state index contributed by atoms with van der Waals surface area (Å²) in [4.78, 5) is 17.6. The molecule has 0 fully saturated rings. The van der Waals surface area contributed by atoms with Crippen LogP contribution in [0.4, 0.5) is 17.6 Å². The quantitative estimate of drug-likeness (QED) is 0.206. The Labute approximate surface area is 186 Å². The lowest BCUT2D eigenvalue weighted by atomic mass is 10.1. The molecule has 0 aromatic heterocycles. The second kappa shape index (κ2) is 17.6. The first-order valence-electron chi connectivity index (χ1n) is 8.36. The number of carbonyl (C=O) groups excluding carboxylic acids is 1. The van der Waals surface area contributed by atoms with E-state index in [4.69, 9.17) is 10.5 Å². The van der Waals surface area contributed by atoms with E-state index in [-0.39, 0.29) is 16.7 Å². The van der Waals surface area contributed by atoms with E-state index < -0.39 is 18.8 Å². The van der Waals surface area contributed by atoms with Crippen LogP contribution in [-0.4, -0.2) is 37.8 Å². The van der Waals surface area contributed by atoms with Gasteiger partial charge in [-0.05, 0) is 38.1 Å². The number of alkyl halides is 4. The lowest BCUT2D eigenvalue weighted by Crippen LogP contribution is -2.06. The van der Waals surface area contributed by atoms with Gasteiger partial charge in [0, 0.05) is 15.6 Å². The molecule has 0 aliphatic carbocycles. The standard InChI is InChI=1S/C10H10F2O2.C8H7BrF2.2CH4O2/c1-6-3-4-7(10(13)14-2)8(5-6)9(11)12;1-5-2-3-7(9)6(4-5)8(10)11;2*1-3-2/h3-5,9H,1-2H3;2-4,8H,1H3;2*2H,1H3. The zero-order valence-corrected chi connectivity index (χ0v) is 19.1. The highest BCUT2D eigenvalue weighted by Gasteiger charge is 2.18. The predicted octanol–water partition coefficient (Wildman–Crippen LogP) is 6.63. The largest absolute Gasteiger partial charge is 0.465 e. The molecule has 0 spiro atoms. The van der Waals surface area contributed by atoms with Crippen LogP contribution in [0.2, 0.25) is 0 Å². The summed E-state index contributed by atoms with van der Waals surface area (Å²) in [6.07, 6.45) is -5.06. The van der Waals surface area contributed by atoms with Crippen molar-refractivity contribution < 1.29 is 47.4 Å². The molecule has 31 heavy (non-hydrogen) atoms. The summed E-state index contributed by atoms with van der Waals surface area (Å²) in [6, 6.07) is 9.14. The Hall–Kier alpha value is -2.05. The number of halogens is 5. The van der Waals surface area contributed by atoms with Crippen LogP contribution in [-0.2, 0) is 14.5 Å². The smallest absolute Gasteiger partial charge is 0.338 e. The molecule has 6 nitrogen and oxygen atoms in total. The van der Waals surface area contributed by atoms with E-state index in [1.165, 1.54) is 32.4 Å². The number of ether oxygens (including phenoxy) is 1. The van der Waals surface area contributed by atoms with Gasteiger partial charge in [-0.1, -0.05) is 39.2 Å². The van der Waals surface area contributed by atoms with E-state index in [0.29, 0.717) is 10.0 Å². The maximum atomic E-state index is 12.5. The molecule has 0 aliphatic heterocycles. The molecule has 0 atom stereocenters. The fourth-order valence-electron chi connectivity index (χ4n) is 1.99. The Kier molecular flexibility index (Phi) is 17.7. The molecule has 0 bridgehead atoms. The van der Waals surface area contributed by atoms with Crippen LogP contribution in [0.3, 0.4) is 0 Å². The summed E-state index contributed by atoms with van der Waals surface area (Å²) in [5.74, 6) is -0.736. The lowest BCUT2D eigenvalue weighted by Gasteiger charge is -2.07. The van der Waals surface area contributed by atoms with E-state index in [1.54, 1.807) is 32.0 Å². The highest BCUT2D eigenvalue weighted by atomic mass is 79.9. The number of aryl methyl sites for hydroxylation is 2. The maximum absolute atomic E-state index is 12.5. The van der Waals surface area contributed by atoms with Crippen LogP contribution >= 0.6 is 15.9 Å². The third kappa shape index (κ3) is 13.1. The summed E-state index contributed by atoms with van der Waals surface area (Å²) in [6.45, 7) is 3.48. The molecule has 0 saturated heterocycles. The average Bonchev–Trinajstić information content (AvgIpc) is 2.70. The highest BCUT2D eigenvalue weighted by molar-refractivity contribution is 9.10. The van der Waals surface area contributed by atoms with Crippen molar-refractivity contribution in [3.63, 3.8) is 0 Å². The van der Waals surface area contributed by atoms with E-state index in [2.05, 4.69) is 30.4 Å². The third-order valence-corrected chi connectivity index (χ3v) is 3.96. The van der Waals surface area contributed by atoms with E-state index in [1.807, 2.05) is 0 Å². The second-order valence-corrected chi connectivity index (χ2v) is 6.43. The Morgan fingerprint density at radius 3 is 1.58 bits per heavy atom. The van der Waals surface area contributed by atoms with Crippen LogP contribution in [0.1, 0.15) is 45.5 Å². The fraction of sp³-hybridized carbons (Fsp3) is 0.350. The van der Waals surface area contributed by atoms with Crippen molar-refractivity contribution in [3.8, 4) is 0 Å². The summed E-state index contributed by atoms with van der Waals surface area (Å²) in [5.41, 5.74) is 1.24. The average molecular weight is 517 g/mol. The van der Waals surface area contributed by atoms with Crippen LogP contribution < -0.4 is 0 Å². The molecule has 2 N–H and O–H groups in total. The molecule has 2 aromatic carbocycles. The van der Waals surface area contributed by atoms with Crippen molar-refractivity contribution in [2.45, 2.75) is 26.7 Å². The van der Waals surface area contributed by atoms with Gasteiger partial charge in [-0.25, -0.2) is 32.1 Å². The minimum Gasteiger partial charge on any atom is -0.465 e. The molecular formula is C20H25BrF4O6. The Bertz CT molecular complexity index is 773. The van der Waals surface area contributed by atoms with Crippen molar-refractivity contribution in [1.29, 1.82) is 0 Å². The first-order chi connectivity index (χ1) is 14.5. The monoisotopic (exact) mass is 516 g/mol. The number of hydrogen-bond acceptors (Lipinski definition) is 6. The van der Waals surface area contributed by atoms with Crippen molar-refractivity contribution in [1.82, 2.24) is 0 Å². The summed E-state index contributed by atoms with van der Waals surface area (Å²) in [7, 11) is 3.53. The molecule has 0 aliphatic rings. The van der Waals surface area contributed by atoms with Crippen molar-refractivity contribution in [2.24, 2.45) is 0 Å². The lowest BCUT2D eigenvalue weighted by molar-refractivity contribution is -0.215. The topological polar surface area (TPSA) is 85.2 Å². The van der Waals surface area contributed by atoms with Gasteiger partial charge in [-0.3, -0.25) is 10.5 Å². The molecule has 2 rings (SSSR count). The molecule has 0 heterocycles. The number of benzene rings is 2. The van der Waals surface area contributed by atoms with Gasteiger partial charge in [0.05, 0.1) is 26.9 Å². The molecule has 0 amide bonds. The number of rotatable bonds is 3. The summed E-state index contributed by atoms with van der Waals surface area (Å²) in [5, 5.41) is 14.1. The summed E-state index contributed by atoms with van der Waals surface area (Å²) >= 11 is 3.05. The van der Waals surface area contributed by atoms with Crippen molar-refractivity contribution in [3.05, 3.63) is 68.7 Å². The number of hydrogen-bond donors (Lipinski definition) is 2. The number of esters is 1. The first kappa shape index (κ1) is 31.1. The van der Waals surface area contributed by atoms with Gasteiger partial charge in [0.15, 0.2) is 0 Å². The molecule has 2 aromatic rings. The Morgan fingerprint density at radius 1 is 0.839 bits per heavy atom. The SMILES string of the molecule is COC(=O)c1ccc(C)cc1C(F)F.COO.COO.Cc1ccc(Br)c(C(F)F)c1. The number of methoxy groups -OCH3 is 1. The van der Waals surface area contributed by atoms with Gasteiger partial charge < -0.3 is 4.74 Å². The van der Waals surface area contributed by atoms with Gasteiger partial charge in [0.1, 0.15) is 0 Å². The summed E-state index contributed by atoms with van der Waals surface area (Å²) < 4.78 is 54.2. The predicted molar refractivity (Wildman–Crippen MR) is 111 cm³/mol. The minimum atomic E-state index is -2.66. The van der Waals surface area contributed by atoms with Crippen LogP contribution in [0.5, 0.6) is 0 Å². The van der Waals surface area contributed by atoms with Gasteiger partial charge in [-0.15, -0.1) is 0 Å². The van der Waals surface area contributed by atoms with Gasteiger partial charge >= 0.3 is 5.97 Å². The van der Waals surface area contributed by atoms with E-state index >= 15 is 0 Å². The normalized spacial score (nSPS) is 9.61. The zero-order valence-electron chi connectivity index (χ0n) is 17.5. The van der Waals surface area contributed by atoms with Crippen LogP contribution in [0, 0.1) is 13.8 Å². The fourth-order valence-corrected chi connectivity index (χ4v) is 2.41. The Morgan fingerprint density at radius 2 is 1.23 bits per heavy atom. The third-order valence-electron chi connectivity index (χ3n) is 3.23. The maximum Gasteiger partial charge on any atom is 0.338 e. The van der Waals surface area contributed by atoms with E-state index in [9.17, 15) is 22.4 Å². The van der Waals surface area contributed by atoms with Crippen LogP contribution in [0.15, 0.2) is 40.9 Å². The molecule has 176 valence electrons. The minimum absolute atomic E-state index is 0.0602. The van der Waals surface area contributed by atoms with Crippen LogP contribution in [0.25, 0.3) is 0 Å². The highest BCUT2D eigenvalue weighted by Crippen LogP contribution is 2.27. The van der Waals surface area contributed by atoms with E-state index in [0.717, 1.165) is 12.7 Å². The zero-order chi connectivity index (χ0) is 24.6. The molecule has 11 heteroatoms. The van der Waals surface area contributed by atoms with Gasteiger partial charge in [0.2, 0.25) is 0 Å². The number of carbonyl (C=O) groups is 1. The van der Waals surface area contributed by atoms with Crippen molar-refractivity contribution in [2.75, 3.05) is 21.3 Å². The molecule has 0 saturated carbocycles. The molecule has 0 radical (unpaired) electrons. The Balaban J connectivity index is 0.